The number of amides is 4. The molecule has 1 aliphatic rings. The van der Waals surface area contributed by atoms with E-state index in [1.807, 2.05) is 36.4 Å². The summed E-state index contributed by atoms with van der Waals surface area (Å²) in [4.78, 5) is 39.3. The summed E-state index contributed by atoms with van der Waals surface area (Å²) in [6, 6.07) is 17.0. The van der Waals surface area contributed by atoms with Gasteiger partial charge in [-0.05, 0) is 50.5 Å². The molecule has 0 aromatic heterocycles. The summed E-state index contributed by atoms with van der Waals surface area (Å²) in [5, 5.41) is 8.42. The highest BCUT2D eigenvalue weighted by Gasteiger charge is 2.30. The highest BCUT2D eigenvalue weighted by Crippen LogP contribution is 2.18. The van der Waals surface area contributed by atoms with Crippen LogP contribution in [0.1, 0.15) is 36.5 Å². The van der Waals surface area contributed by atoms with E-state index in [0.29, 0.717) is 24.3 Å². The molecule has 0 saturated carbocycles. The summed E-state index contributed by atoms with van der Waals surface area (Å²) >= 11 is 0. The van der Waals surface area contributed by atoms with Gasteiger partial charge >= 0.3 is 6.03 Å². The lowest BCUT2D eigenvalue weighted by molar-refractivity contribution is -0.136. The monoisotopic (exact) mass is 408 g/mol. The Bertz CT molecular complexity index is 857. The van der Waals surface area contributed by atoms with Crippen LogP contribution in [0.5, 0.6) is 0 Å². The van der Waals surface area contributed by atoms with Crippen LogP contribution in [0, 0.1) is 0 Å². The van der Waals surface area contributed by atoms with Crippen molar-refractivity contribution in [1.29, 1.82) is 0 Å². The van der Waals surface area contributed by atoms with Gasteiger partial charge in [0.2, 0.25) is 5.91 Å². The second-order valence-corrected chi connectivity index (χ2v) is 7.44. The quantitative estimate of drug-likeness (QED) is 0.686. The molecule has 2 aromatic rings. The molecular weight excluding hydrogens is 380 g/mol. The van der Waals surface area contributed by atoms with E-state index in [4.69, 9.17) is 0 Å². The van der Waals surface area contributed by atoms with E-state index in [1.165, 1.54) is 0 Å². The maximum atomic E-state index is 13.0. The Labute approximate surface area is 176 Å². The molecule has 2 atom stereocenters. The molecule has 2 aromatic carbocycles. The summed E-state index contributed by atoms with van der Waals surface area (Å²) in [6.07, 6.45) is 2.73. The number of likely N-dealkylation sites (tertiary alicyclic amines) is 1. The summed E-state index contributed by atoms with van der Waals surface area (Å²) in [5.41, 5.74) is 1.23. The van der Waals surface area contributed by atoms with Crippen molar-refractivity contribution in [1.82, 2.24) is 15.5 Å². The van der Waals surface area contributed by atoms with Crippen molar-refractivity contribution in [3.8, 4) is 0 Å². The molecule has 1 heterocycles. The second-order valence-electron chi connectivity index (χ2n) is 7.44. The van der Waals surface area contributed by atoms with E-state index < -0.39 is 6.04 Å². The van der Waals surface area contributed by atoms with Gasteiger partial charge < -0.3 is 20.9 Å². The largest absolute Gasteiger partial charge is 0.341 e. The van der Waals surface area contributed by atoms with Crippen LogP contribution in [0.4, 0.5) is 10.5 Å². The summed E-state index contributed by atoms with van der Waals surface area (Å²) in [5.74, 6) is -0.403. The number of urea groups is 1. The van der Waals surface area contributed by atoms with E-state index in [9.17, 15) is 14.4 Å². The van der Waals surface area contributed by atoms with Crippen molar-refractivity contribution in [3.05, 3.63) is 66.2 Å². The maximum Gasteiger partial charge on any atom is 0.319 e. The predicted molar refractivity (Wildman–Crippen MR) is 116 cm³/mol. The minimum atomic E-state index is -0.642. The zero-order valence-corrected chi connectivity index (χ0v) is 17.1. The lowest BCUT2D eigenvalue weighted by atomic mass is 10.0. The van der Waals surface area contributed by atoms with Crippen LogP contribution in [0.25, 0.3) is 0 Å². The number of hydrogen-bond donors (Lipinski definition) is 3. The molecule has 158 valence electrons. The molecule has 7 heteroatoms. The molecular formula is C23H28N4O3. The Hall–Kier alpha value is -3.35. The van der Waals surface area contributed by atoms with E-state index in [1.54, 1.807) is 36.1 Å². The average molecular weight is 409 g/mol. The van der Waals surface area contributed by atoms with Crippen molar-refractivity contribution in [3.63, 3.8) is 0 Å². The van der Waals surface area contributed by atoms with E-state index in [0.717, 1.165) is 19.3 Å². The molecule has 2 unspecified atom stereocenters. The predicted octanol–water partition coefficient (Wildman–Crippen LogP) is 3.01. The van der Waals surface area contributed by atoms with Gasteiger partial charge in [-0.15, -0.1) is 0 Å². The lowest BCUT2D eigenvalue weighted by Crippen LogP contribution is -2.55. The molecule has 1 fully saturated rings. The SMILES string of the molecule is CC(NC(=O)c1ccccc1)C(=O)N1CCCCC1CNC(=O)Nc1ccccc1. The molecule has 0 bridgehead atoms. The van der Waals surface area contributed by atoms with Crippen LogP contribution < -0.4 is 16.0 Å². The van der Waals surface area contributed by atoms with Gasteiger partial charge in [-0.1, -0.05) is 36.4 Å². The van der Waals surface area contributed by atoms with Crippen molar-refractivity contribution < 1.29 is 14.4 Å². The van der Waals surface area contributed by atoms with Crippen LogP contribution in [0.2, 0.25) is 0 Å². The first-order chi connectivity index (χ1) is 14.5. The number of nitrogens with zero attached hydrogens (tertiary/aromatic N) is 1. The fraction of sp³-hybridized carbons (Fsp3) is 0.348. The third-order valence-electron chi connectivity index (χ3n) is 5.19. The van der Waals surface area contributed by atoms with Crippen LogP contribution >= 0.6 is 0 Å². The molecule has 0 aliphatic carbocycles. The Balaban J connectivity index is 1.54. The zero-order valence-electron chi connectivity index (χ0n) is 17.1. The topological polar surface area (TPSA) is 90.5 Å². The average Bonchev–Trinajstić information content (AvgIpc) is 2.78. The smallest absolute Gasteiger partial charge is 0.319 e. The molecule has 1 aliphatic heterocycles. The van der Waals surface area contributed by atoms with Crippen molar-refractivity contribution >= 4 is 23.5 Å². The van der Waals surface area contributed by atoms with E-state index in [-0.39, 0.29) is 23.9 Å². The minimum absolute atomic E-state index is 0.0937. The standard InChI is InChI=1S/C23H28N4O3/c1-17(25-21(28)18-10-4-2-5-11-18)22(29)27-15-9-8-14-20(27)16-24-23(30)26-19-12-6-3-7-13-19/h2-7,10-13,17,20H,8-9,14-16H2,1H3,(H,25,28)(H2,24,26,30). The Morgan fingerprint density at radius 1 is 1.00 bits per heavy atom. The highest BCUT2D eigenvalue weighted by atomic mass is 16.2. The molecule has 3 N–H and O–H groups in total. The molecule has 0 radical (unpaired) electrons. The number of para-hydroxylation sites is 1. The Morgan fingerprint density at radius 2 is 1.67 bits per heavy atom. The van der Waals surface area contributed by atoms with Crippen LogP contribution in [0.15, 0.2) is 60.7 Å². The van der Waals surface area contributed by atoms with Gasteiger partial charge in [-0.3, -0.25) is 9.59 Å². The molecule has 3 rings (SSSR count). The molecule has 7 nitrogen and oxygen atoms in total. The summed E-state index contributed by atoms with van der Waals surface area (Å²) in [7, 11) is 0. The van der Waals surface area contributed by atoms with Crippen molar-refractivity contribution in [2.45, 2.75) is 38.3 Å². The van der Waals surface area contributed by atoms with Gasteiger partial charge in [0.15, 0.2) is 0 Å². The van der Waals surface area contributed by atoms with Gasteiger partial charge in [0.05, 0.1) is 0 Å². The van der Waals surface area contributed by atoms with Gasteiger partial charge in [0.1, 0.15) is 6.04 Å². The third kappa shape index (κ3) is 5.83. The minimum Gasteiger partial charge on any atom is -0.341 e. The number of piperidine rings is 1. The lowest BCUT2D eigenvalue weighted by Gasteiger charge is -2.37. The number of nitrogens with one attached hydrogen (secondary N) is 3. The first kappa shape index (κ1) is 21.4. The van der Waals surface area contributed by atoms with E-state index >= 15 is 0 Å². The number of benzene rings is 2. The van der Waals surface area contributed by atoms with Crippen LogP contribution in [0.3, 0.4) is 0 Å². The van der Waals surface area contributed by atoms with Gasteiger partial charge in [-0.25, -0.2) is 4.79 Å². The van der Waals surface area contributed by atoms with Gasteiger partial charge in [0, 0.05) is 30.4 Å². The van der Waals surface area contributed by atoms with E-state index in [2.05, 4.69) is 16.0 Å². The fourth-order valence-corrected chi connectivity index (χ4v) is 3.59. The first-order valence-electron chi connectivity index (χ1n) is 10.3. The number of hydrogen-bond acceptors (Lipinski definition) is 3. The van der Waals surface area contributed by atoms with Crippen LogP contribution in [-0.4, -0.2) is 47.9 Å². The highest BCUT2D eigenvalue weighted by molar-refractivity contribution is 5.97. The Kier molecular flexibility index (Phi) is 7.43. The number of carbonyl (C=O) groups excluding carboxylic acids is 3. The summed E-state index contributed by atoms with van der Waals surface area (Å²) in [6.45, 7) is 2.69. The molecule has 30 heavy (non-hydrogen) atoms. The Morgan fingerprint density at radius 3 is 2.37 bits per heavy atom. The normalized spacial score (nSPS) is 17.0. The third-order valence-corrected chi connectivity index (χ3v) is 5.19. The zero-order chi connectivity index (χ0) is 21.3. The van der Waals surface area contributed by atoms with Gasteiger partial charge in [-0.2, -0.15) is 0 Å². The second kappa shape index (κ2) is 10.4. The van der Waals surface area contributed by atoms with Gasteiger partial charge in [0.25, 0.3) is 5.91 Å². The molecule has 4 amide bonds. The number of rotatable bonds is 6. The van der Waals surface area contributed by atoms with Crippen molar-refractivity contribution in [2.75, 3.05) is 18.4 Å². The summed E-state index contributed by atoms with van der Waals surface area (Å²) < 4.78 is 0. The number of carbonyl (C=O) groups is 3. The first-order valence-corrected chi connectivity index (χ1v) is 10.3. The fourth-order valence-electron chi connectivity index (χ4n) is 3.59. The molecule has 0 spiro atoms. The van der Waals surface area contributed by atoms with Crippen LogP contribution in [-0.2, 0) is 4.79 Å². The maximum absolute atomic E-state index is 13.0. The number of anilines is 1. The molecule has 1 saturated heterocycles. The van der Waals surface area contributed by atoms with Crippen molar-refractivity contribution in [2.24, 2.45) is 0 Å².